The number of amides is 1. The van der Waals surface area contributed by atoms with Gasteiger partial charge in [-0.25, -0.2) is 4.98 Å². The van der Waals surface area contributed by atoms with Crippen LogP contribution in [0, 0.1) is 6.92 Å². The molecule has 2 heterocycles. The average molecular weight is 273 g/mol. The van der Waals surface area contributed by atoms with Crippen LogP contribution in [0.25, 0.3) is 0 Å². The summed E-state index contributed by atoms with van der Waals surface area (Å²) in [4.78, 5) is 16.5. The molecule has 0 unspecified atom stereocenters. The number of hydrogen-bond donors (Lipinski definition) is 2. The van der Waals surface area contributed by atoms with E-state index in [-0.39, 0.29) is 5.91 Å². The van der Waals surface area contributed by atoms with Gasteiger partial charge in [0, 0.05) is 31.0 Å². The van der Waals surface area contributed by atoms with E-state index in [1.165, 1.54) is 0 Å². The number of anilines is 1. The zero-order valence-electron chi connectivity index (χ0n) is 12.0. The second-order valence-corrected chi connectivity index (χ2v) is 4.54. The van der Waals surface area contributed by atoms with Crippen LogP contribution in [-0.2, 0) is 13.6 Å². The molecule has 2 aromatic rings. The molecule has 20 heavy (non-hydrogen) atoms. The van der Waals surface area contributed by atoms with Crippen molar-refractivity contribution in [3.8, 4) is 0 Å². The standard InChI is InChI=1S/C14H19N5O/c1-4-15-13-8-11(7-10(2)18-13)14(20)16-9-12-5-6-17-19(12)3/h5-8H,4,9H2,1-3H3,(H,15,18)(H,16,20). The Balaban J connectivity index is 2.07. The number of nitrogens with one attached hydrogen (secondary N) is 2. The monoisotopic (exact) mass is 273 g/mol. The van der Waals surface area contributed by atoms with Crippen LogP contribution >= 0.6 is 0 Å². The van der Waals surface area contributed by atoms with Crippen molar-refractivity contribution in [2.45, 2.75) is 20.4 Å². The fourth-order valence-corrected chi connectivity index (χ4v) is 1.92. The fourth-order valence-electron chi connectivity index (χ4n) is 1.92. The molecule has 2 rings (SSSR count). The van der Waals surface area contributed by atoms with E-state index in [1.54, 1.807) is 23.0 Å². The molecular weight excluding hydrogens is 254 g/mol. The third-order valence-corrected chi connectivity index (χ3v) is 2.93. The maximum absolute atomic E-state index is 12.2. The molecular formula is C14H19N5O. The summed E-state index contributed by atoms with van der Waals surface area (Å²) in [5, 5.41) is 10.1. The van der Waals surface area contributed by atoms with Crippen molar-refractivity contribution in [2.24, 2.45) is 7.05 Å². The topological polar surface area (TPSA) is 71.8 Å². The molecule has 0 saturated carbocycles. The van der Waals surface area contributed by atoms with Gasteiger partial charge in [-0.3, -0.25) is 9.48 Å². The van der Waals surface area contributed by atoms with Gasteiger partial charge in [-0.1, -0.05) is 0 Å². The third-order valence-electron chi connectivity index (χ3n) is 2.93. The van der Waals surface area contributed by atoms with Crippen LogP contribution in [-0.4, -0.2) is 27.2 Å². The zero-order chi connectivity index (χ0) is 14.5. The summed E-state index contributed by atoms with van der Waals surface area (Å²) in [6.45, 7) is 5.09. The molecule has 0 radical (unpaired) electrons. The number of pyridine rings is 1. The maximum Gasteiger partial charge on any atom is 0.251 e. The largest absolute Gasteiger partial charge is 0.370 e. The summed E-state index contributed by atoms with van der Waals surface area (Å²) in [5.41, 5.74) is 2.38. The van der Waals surface area contributed by atoms with Gasteiger partial charge in [0.1, 0.15) is 5.82 Å². The molecule has 6 nitrogen and oxygen atoms in total. The van der Waals surface area contributed by atoms with Gasteiger partial charge in [0.15, 0.2) is 0 Å². The van der Waals surface area contributed by atoms with Crippen molar-refractivity contribution in [3.63, 3.8) is 0 Å². The molecule has 6 heteroatoms. The Morgan fingerprint density at radius 2 is 2.20 bits per heavy atom. The van der Waals surface area contributed by atoms with Crippen LogP contribution in [0.5, 0.6) is 0 Å². The Hall–Kier alpha value is -2.37. The van der Waals surface area contributed by atoms with Gasteiger partial charge in [-0.15, -0.1) is 0 Å². The SMILES string of the molecule is CCNc1cc(C(=O)NCc2ccnn2C)cc(C)n1. The van der Waals surface area contributed by atoms with Crippen LogP contribution in [0.3, 0.4) is 0 Å². The van der Waals surface area contributed by atoms with Crippen molar-refractivity contribution in [1.29, 1.82) is 0 Å². The summed E-state index contributed by atoms with van der Waals surface area (Å²) in [7, 11) is 1.85. The van der Waals surface area contributed by atoms with Crippen molar-refractivity contribution < 1.29 is 4.79 Å². The normalized spacial score (nSPS) is 10.3. The summed E-state index contributed by atoms with van der Waals surface area (Å²) < 4.78 is 1.74. The van der Waals surface area contributed by atoms with Crippen LogP contribution in [0.4, 0.5) is 5.82 Å². The first-order chi connectivity index (χ1) is 9.60. The Kier molecular flexibility index (Phi) is 4.34. The van der Waals surface area contributed by atoms with E-state index in [0.29, 0.717) is 12.1 Å². The average Bonchev–Trinajstić information content (AvgIpc) is 2.81. The lowest BCUT2D eigenvalue weighted by Crippen LogP contribution is -2.24. The number of carbonyl (C=O) groups excluding carboxylic acids is 1. The number of aryl methyl sites for hydroxylation is 2. The minimum atomic E-state index is -0.115. The number of nitrogens with zero attached hydrogens (tertiary/aromatic N) is 3. The van der Waals surface area contributed by atoms with E-state index in [9.17, 15) is 4.79 Å². The number of carbonyl (C=O) groups is 1. The first-order valence-electron chi connectivity index (χ1n) is 6.57. The maximum atomic E-state index is 12.2. The number of aromatic nitrogens is 3. The van der Waals surface area contributed by atoms with E-state index >= 15 is 0 Å². The smallest absolute Gasteiger partial charge is 0.251 e. The molecule has 0 aromatic carbocycles. The molecule has 2 aromatic heterocycles. The van der Waals surface area contributed by atoms with Gasteiger partial charge < -0.3 is 10.6 Å². The van der Waals surface area contributed by atoms with E-state index in [1.807, 2.05) is 27.0 Å². The van der Waals surface area contributed by atoms with Gasteiger partial charge in [-0.05, 0) is 32.0 Å². The quantitative estimate of drug-likeness (QED) is 0.865. The van der Waals surface area contributed by atoms with Crippen molar-refractivity contribution >= 4 is 11.7 Å². The van der Waals surface area contributed by atoms with Crippen LogP contribution in [0.1, 0.15) is 28.7 Å². The van der Waals surface area contributed by atoms with Crippen LogP contribution in [0.15, 0.2) is 24.4 Å². The zero-order valence-corrected chi connectivity index (χ0v) is 12.0. The van der Waals surface area contributed by atoms with E-state index in [4.69, 9.17) is 0 Å². The van der Waals surface area contributed by atoms with Gasteiger partial charge in [0.25, 0.3) is 5.91 Å². The molecule has 0 spiro atoms. The third kappa shape index (κ3) is 3.34. The van der Waals surface area contributed by atoms with Crippen LogP contribution < -0.4 is 10.6 Å². The minimum Gasteiger partial charge on any atom is -0.370 e. The Morgan fingerprint density at radius 1 is 1.40 bits per heavy atom. The highest BCUT2D eigenvalue weighted by molar-refractivity contribution is 5.94. The number of hydrogen-bond acceptors (Lipinski definition) is 4. The van der Waals surface area contributed by atoms with Gasteiger partial charge in [0.2, 0.25) is 0 Å². The fraction of sp³-hybridized carbons (Fsp3) is 0.357. The first-order valence-corrected chi connectivity index (χ1v) is 6.57. The Labute approximate surface area is 118 Å². The lowest BCUT2D eigenvalue weighted by Gasteiger charge is -2.09. The summed E-state index contributed by atoms with van der Waals surface area (Å²) in [6, 6.07) is 5.41. The number of rotatable bonds is 5. The molecule has 2 N–H and O–H groups in total. The van der Waals surface area contributed by atoms with Crippen LogP contribution in [0.2, 0.25) is 0 Å². The Bertz CT molecular complexity index is 605. The summed E-state index contributed by atoms with van der Waals surface area (Å²) in [6.07, 6.45) is 1.71. The van der Waals surface area contributed by atoms with E-state index < -0.39 is 0 Å². The van der Waals surface area contributed by atoms with E-state index in [2.05, 4.69) is 20.7 Å². The highest BCUT2D eigenvalue weighted by Crippen LogP contribution is 2.10. The Morgan fingerprint density at radius 3 is 2.85 bits per heavy atom. The molecule has 0 aliphatic carbocycles. The van der Waals surface area contributed by atoms with Crippen molar-refractivity contribution in [1.82, 2.24) is 20.1 Å². The lowest BCUT2D eigenvalue weighted by molar-refractivity contribution is 0.0950. The van der Waals surface area contributed by atoms with Gasteiger partial charge >= 0.3 is 0 Å². The molecule has 1 amide bonds. The second kappa shape index (κ2) is 6.18. The molecule has 0 fully saturated rings. The minimum absolute atomic E-state index is 0.115. The predicted octanol–water partition coefficient (Wildman–Crippen LogP) is 1.49. The molecule has 0 atom stereocenters. The second-order valence-electron chi connectivity index (χ2n) is 4.54. The molecule has 0 aliphatic heterocycles. The van der Waals surface area contributed by atoms with Gasteiger partial charge in [-0.2, -0.15) is 5.10 Å². The molecule has 0 bridgehead atoms. The summed E-state index contributed by atoms with van der Waals surface area (Å²) >= 11 is 0. The highest BCUT2D eigenvalue weighted by Gasteiger charge is 2.09. The highest BCUT2D eigenvalue weighted by atomic mass is 16.1. The molecule has 0 saturated heterocycles. The van der Waals surface area contributed by atoms with Crippen molar-refractivity contribution in [2.75, 3.05) is 11.9 Å². The molecule has 106 valence electrons. The summed E-state index contributed by atoms with van der Waals surface area (Å²) in [5.74, 6) is 0.606. The molecule has 0 aliphatic rings. The predicted molar refractivity (Wildman–Crippen MR) is 77.5 cm³/mol. The lowest BCUT2D eigenvalue weighted by atomic mass is 10.2. The van der Waals surface area contributed by atoms with E-state index in [0.717, 1.165) is 23.8 Å². The van der Waals surface area contributed by atoms with Crippen molar-refractivity contribution in [3.05, 3.63) is 41.3 Å². The first kappa shape index (κ1) is 14.0. The van der Waals surface area contributed by atoms with Gasteiger partial charge in [0.05, 0.1) is 12.2 Å².